The fraction of sp³-hybridized carbons (Fsp3) is 0.333. The van der Waals surface area contributed by atoms with Crippen molar-refractivity contribution in [2.45, 2.75) is 20.0 Å². The van der Waals surface area contributed by atoms with Crippen LogP contribution in [0.25, 0.3) is 11.1 Å². The van der Waals surface area contributed by atoms with Gasteiger partial charge in [-0.1, -0.05) is 18.2 Å². The van der Waals surface area contributed by atoms with Crippen LogP contribution in [0.3, 0.4) is 0 Å². The van der Waals surface area contributed by atoms with Gasteiger partial charge in [0, 0.05) is 32.7 Å². The molecule has 2 aromatic carbocycles. The molecule has 0 atom stereocenters. The molecule has 1 aromatic heterocycles. The van der Waals surface area contributed by atoms with Crippen molar-refractivity contribution in [2.75, 3.05) is 26.2 Å². The van der Waals surface area contributed by atoms with Gasteiger partial charge in [-0.25, -0.2) is 14.2 Å². The Hall–Kier alpha value is -2.93. The van der Waals surface area contributed by atoms with Crippen LogP contribution in [0, 0.1) is 12.7 Å². The second-order valence-corrected chi connectivity index (χ2v) is 7.13. The molecule has 0 bridgehead atoms. The van der Waals surface area contributed by atoms with E-state index in [1.54, 1.807) is 17.0 Å². The lowest BCUT2D eigenvalue weighted by atomic mass is 10.2. The summed E-state index contributed by atoms with van der Waals surface area (Å²) in [6.45, 7) is 5.88. The lowest BCUT2D eigenvalue weighted by Crippen LogP contribution is -2.51. The van der Waals surface area contributed by atoms with E-state index in [0.29, 0.717) is 32.1 Å². The molecule has 0 saturated carbocycles. The van der Waals surface area contributed by atoms with Crippen molar-refractivity contribution in [3.8, 4) is 0 Å². The van der Waals surface area contributed by atoms with E-state index in [9.17, 15) is 9.18 Å². The van der Waals surface area contributed by atoms with Crippen LogP contribution in [0.15, 0.2) is 46.9 Å². The highest BCUT2D eigenvalue weighted by molar-refractivity contribution is 5.74. The van der Waals surface area contributed by atoms with Crippen molar-refractivity contribution in [1.82, 2.24) is 20.1 Å². The second-order valence-electron chi connectivity index (χ2n) is 7.13. The van der Waals surface area contributed by atoms with Crippen LogP contribution in [0.2, 0.25) is 0 Å². The number of hydrogen-bond acceptors (Lipinski definition) is 4. The Morgan fingerprint density at radius 3 is 2.64 bits per heavy atom. The lowest BCUT2D eigenvalue weighted by molar-refractivity contribution is 0.129. The van der Waals surface area contributed by atoms with Gasteiger partial charge in [-0.2, -0.15) is 0 Å². The molecule has 1 fully saturated rings. The van der Waals surface area contributed by atoms with Crippen molar-refractivity contribution in [3.05, 3.63) is 65.3 Å². The zero-order chi connectivity index (χ0) is 19.5. The second kappa shape index (κ2) is 7.98. The van der Waals surface area contributed by atoms with Crippen LogP contribution in [0.4, 0.5) is 9.18 Å². The van der Waals surface area contributed by atoms with Crippen molar-refractivity contribution >= 4 is 17.1 Å². The van der Waals surface area contributed by atoms with Crippen molar-refractivity contribution in [1.29, 1.82) is 0 Å². The van der Waals surface area contributed by atoms with E-state index in [1.165, 1.54) is 12.1 Å². The van der Waals surface area contributed by atoms with Gasteiger partial charge >= 0.3 is 6.03 Å². The first kappa shape index (κ1) is 18.4. The van der Waals surface area contributed by atoms with Gasteiger partial charge in [0.05, 0.1) is 6.54 Å². The molecule has 0 spiro atoms. The summed E-state index contributed by atoms with van der Waals surface area (Å²) in [7, 11) is 0. The van der Waals surface area contributed by atoms with Crippen molar-refractivity contribution in [3.63, 3.8) is 0 Å². The van der Waals surface area contributed by atoms with E-state index in [0.717, 1.165) is 35.3 Å². The number of hydrogen-bond donors (Lipinski definition) is 1. The number of nitrogens with one attached hydrogen (secondary N) is 1. The molecule has 0 radical (unpaired) electrons. The molecule has 3 aromatic rings. The van der Waals surface area contributed by atoms with Gasteiger partial charge in [-0.05, 0) is 42.3 Å². The number of oxazole rings is 1. The number of aromatic nitrogens is 1. The van der Waals surface area contributed by atoms with Crippen molar-refractivity contribution in [2.24, 2.45) is 0 Å². The number of carbonyl (C=O) groups is 1. The number of halogens is 1. The van der Waals surface area contributed by atoms with E-state index in [-0.39, 0.29) is 11.8 Å². The van der Waals surface area contributed by atoms with Crippen LogP contribution < -0.4 is 5.32 Å². The van der Waals surface area contributed by atoms with Crippen LogP contribution >= 0.6 is 0 Å². The summed E-state index contributed by atoms with van der Waals surface area (Å²) in [5.41, 5.74) is 3.71. The number of amides is 2. The fourth-order valence-electron chi connectivity index (χ4n) is 3.34. The number of nitrogens with zero attached hydrogens (tertiary/aromatic N) is 3. The van der Waals surface area contributed by atoms with E-state index >= 15 is 0 Å². The Kier molecular flexibility index (Phi) is 5.25. The Labute approximate surface area is 162 Å². The van der Waals surface area contributed by atoms with Crippen LogP contribution in [0.1, 0.15) is 17.0 Å². The minimum Gasteiger partial charge on any atom is -0.439 e. The predicted octanol–water partition coefficient (Wildman–Crippen LogP) is 3.30. The van der Waals surface area contributed by atoms with Gasteiger partial charge in [0.15, 0.2) is 5.58 Å². The van der Waals surface area contributed by atoms with E-state index in [4.69, 9.17) is 4.42 Å². The fourth-order valence-corrected chi connectivity index (χ4v) is 3.34. The number of fused-ring (bicyclic) bond motifs is 1. The summed E-state index contributed by atoms with van der Waals surface area (Å²) in [6, 6.07) is 12.0. The summed E-state index contributed by atoms with van der Waals surface area (Å²) in [5.74, 6) is 0.426. The Morgan fingerprint density at radius 1 is 1.14 bits per heavy atom. The van der Waals surface area contributed by atoms with Gasteiger partial charge in [-0.15, -0.1) is 0 Å². The molecular weight excluding hydrogens is 359 g/mol. The number of carbonyl (C=O) groups excluding carboxylic acids is 1. The average molecular weight is 382 g/mol. The van der Waals surface area contributed by atoms with Gasteiger partial charge in [0.1, 0.15) is 11.3 Å². The van der Waals surface area contributed by atoms with Gasteiger partial charge < -0.3 is 14.6 Å². The maximum Gasteiger partial charge on any atom is 0.317 e. The standard InChI is InChI=1S/C21H23FN4O2/c1-15-2-7-18-19(12-15)28-20(24-18)14-25-8-10-26(11-9-25)21(27)23-13-16-3-5-17(22)6-4-16/h2-7,12H,8-11,13-14H2,1H3,(H,23,27). The van der Waals surface area contributed by atoms with Crippen LogP contribution in [0.5, 0.6) is 0 Å². The topological polar surface area (TPSA) is 61.6 Å². The highest BCUT2D eigenvalue weighted by Crippen LogP contribution is 2.18. The monoisotopic (exact) mass is 382 g/mol. The maximum absolute atomic E-state index is 12.9. The zero-order valence-corrected chi connectivity index (χ0v) is 15.8. The molecule has 1 aliphatic heterocycles. The highest BCUT2D eigenvalue weighted by Gasteiger charge is 2.22. The molecule has 0 unspecified atom stereocenters. The van der Waals surface area contributed by atoms with E-state index in [2.05, 4.69) is 15.2 Å². The van der Waals surface area contributed by atoms with Gasteiger partial charge in [0.2, 0.25) is 5.89 Å². The number of aryl methyl sites for hydroxylation is 1. The molecule has 1 saturated heterocycles. The Morgan fingerprint density at radius 2 is 1.89 bits per heavy atom. The Balaban J connectivity index is 1.26. The average Bonchev–Trinajstić information content (AvgIpc) is 3.09. The molecule has 146 valence electrons. The molecule has 6 nitrogen and oxygen atoms in total. The number of piperazine rings is 1. The SMILES string of the molecule is Cc1ccc2nc(CN3CCN(C(=O)NCc4ccc(F)cc4)CC3)oc2c1. The van der Waals surface area contributed by atoms with Crippen LogP contribution in [-0.2, 0) is 13.1 Å². The molecule has 7 heteroatoms. The first-order chi connectivity index (χ1) is 13.6. The summed E-state index contributed by atoms with van der Waals surface area (Å²) < 4.78 is 18.8. The third-order valence-electron chi connectivity index (χ3n) is 4.96. The first-order valence-corrected chi connectivity index (χ1v) is 9.42. The summed E-state index contributed by atoms with van der Waals surface area (Å²) in [4.78, 5) is 20.9. The minimum absolute atomic E-state index is 0.0960. The summed E-state index contributed by atoms with van der Waals surface area (Å²) >= 11 is 0. The largest absolute Gasteiger partial charge is 0.439 e. The first-order valence-electron chi connectivity index (χ1n) is 9.42. The minimum atomic E-state index is -0.278. The van der Waals surface area contributed by atoms with E-state index < -0.39 is 0 Å². The molecule has 28 heavy (non-hydrogen) atoms. The summed E-state index contributed by atoms with van der Waals surface area (Å²) in [5, 5.41) is 2.89. The number of rotatable bonds is 4. The highest BCUT2D eigenvalue weighted by atomic mass is 19.1. The maximum atomic E-state index is 12.9. The molecule has 1 aliphatic rings. The third-order valence-corrected chi connectivity index (χ3v) is 4.96. The molecule has 2 amide bonds. The third kappa shape index (κ3) is 4.31. The van der Waals surface area contributed by atoms with Crippen molar-refractivity contribution < 1.29 is 13.6 Å². The molecule has 4 rings (SSSR count). The zero-order valence-electron chi connectivity index (χ0n) is 15.8. The van der Waals surface area contributed by atoms with Gasteiger partial charge in [-0.3, -0.25) is 4.90 Å². The Bertz CT molecular complexity index is 962. The summed E-state index contributed by atoms with van der Waals surface area (Å²) in [6.07, 6.45) is 0. The predicted molar refractivity (Wildman–Crippen MR) is 104 cm³/mol. The normalized spacial score (nSPS) is 15.1. The molecule has 0 aliphatic carbocycles. The molecule has 1 N–H and O–H groups in total. The van der Waals surface area contributed by atoms with Gasteiger partial charge in [0.25, 0.3) is 0 Å². The molecular formula is C21H23FN4O2. The molecule has 2 heterocycles. The quantitative estimate of drug-likeness (QED) is 0.752. The smallest absolute Gasteiger partial charge is 0.317 e. The van der Waals surface area contributed by atoms with Crippen LogP contribution in [-0.4, -0.2) is 47.0 Å². The number of urea groups is 1. The lowest BCUT2D eigenvalue weighted by Gasteiger charge is -2.34. The number of benzene rings is 2. The van der Waals surface area contributed by atoms with E-state index in [1.807, 2.05) is 25.1 Å².